The third kappa shape index (κ3) is 3.69. The summed E-state index contributed by atoms with van der Waals surface area (Å²) in [5.74, 6) is -0.0584. The second-order valence-electron chi connectivity index (χ2n) is 5.45. The Balaban J connectivity index is 1.67. The summed E-state index contributed by atoms with van der Waals surface area (Å²) in [6, 6.07) is 18.6. The zero-order valence-corrected chi connectivity index (χ0v) is 12.8. The highest BCUT2D eigenvalue weighted by molar-refractivity contribution is 5.98. The van der Waals surface area contributed by atoms with Crippen LogP contribution in [0.25, 0.3) is 0 Å². The molecule has 0 saturated carbocycles. The van der Waals surface area contributed by atoms with E-state index in [2.05, 4.69) is 5.32 Å². The molecular formula is C18H19N3O2. The van der Waals surface area contributed by atoms with Gasteiger partial charge in [-0.3, -0.25) is 4.79 Å². The lowest BCUT2D eigenvalue weighted by atomic mass is 10.2. The largest absolute Gasteiger partial charge is 0.322 e. The van der Waals surface area contributed by atoms with Crippen LogP contribution in [0, 0.1) is 0 Å². The summed E-state index contributed by atoms with van der Waals surface area (Å²) in [5.41, 5.74) is 1.61. The highest BCUT2D eigenvalue weighted by Gasteiger charge is 2.25. The minimum atomic E-state index is -0.237. The molecule has 2 aromatic carbocycles. The topological polar surface area (TPSA) is 52.7 Å². The molecule has 0 spiro atoms. The van der Waals surface area contributed by atoms with Gasteiger partial charge in [-0.25, -0.2) is 4.79 Å². The van der Waals surface area contributed by atoms with E-state index in [1.807, 2.05) is 60.7 Å². The first-order valence-electron chi connectivity index (χ1n) is 7.70. The van der Waals surface area contributed by atoms with Crippen LogP contribution in [0.3, 0.4) is 0 Å². The molecule has 5 heteroatoms. The summed E-state index contributed by atoms with van der Waals surface area (Å²) in [5, 5.41) is 2.83. The number of nitrogens with zero attached hydrogens (tertiary/aromatic N) is 2. The fraction of sp³-hybridized carbons (Fsp3) is 0.222. The van der Waals surface area contributed by atoms with E-state index >= 15 is 0 Å². The molecule has 0 aromatic heterocycles. The quantitative estimate of drug-likeness (QED) is 0.927. The minimum Gasteiger partial charge on any atom is -0.315 e. The molecule has 1 aliphatic heterocycles. The fourth-order valence-electron chi connectivity index (χ4n) is 2.65. The molecule has 0 atom stereocenters. The third-order valence-corrected chi connectivity index (χ3v) is 3.82. The van der Waals surface area contributed by atoms with E-state index in [0.29, 0.717) is 13.1 Å². The number of hydrogen-bond donors (Lipinski definition) is 1. The van der Waals surface area contributed by atoms with Gasteiger partial charge in [-0.2, -0.15) is 0 Å². The number of amides is 3. The summed E-state index contributed by atoms with van der Waals surface area (Å²) in [7, 11) is 0. The van der Waals surface area contributed by atoms with Gasteiger partial charge in [0.25, 0.3) is 0 Å². The van der Waals surface area contributed by atoms with Crippen molar-refractivity contribution in [3.63, 3.8) is 0 Å². The highest BCUT2D eigenvalue weighted by Crippen LogP contribution is 2.17. The first kappa shape index (κ1) is 15.1. The first-order valence-corrected chi connectivity index (χ1v) is 7.70. The normalized spacial score (nSPS) is 15.2. The van der Waals surface area contributed by atoms with Crippen LogP contribution in [0.1, 0.15) is 6.42 Å². The lowest BCUT2D eigenvalue weighted by Crippen LogP contribution is -2.41. The Morgan fingerprint density at radius 2 is 1.57 bits per heavy atom. The zero-order chi connectivity index (χ0) is 16.1. The summed E-state index contributed by atoms with van der Waals surface area (Å²) >= 11 is 0. The van der Waals surface area contributed by atoms with Gasteiger partial charge in [0, 0.05) is 24.5 Å². The lowest BCUT2D eigenvalue weighted by Gasteiger charge is -2.22. The SMILES string of the molecule is O=C(Nc1ccccc1)N1CCCN(c2ccccc2)C(=O)C1. The van der Waals surface area contributed by atoms with E-state index in [1.54, 1.807) is 9.80 Å². The van der Waals surface area contributed by atoms with Crippen molar-refractivity contribution in [3.05, 3.63) is 60.7 Å². The van der Waals surface area contributed by atoms with Crippen molar-refractivity contribution in [3.8, 4) is 0 Å². The number of benzene rings is 2. The first-order chi connectivity index (χ1) is 11.2. The monoisotopic (exact) mass is 309 g/mol. The van der Waals surface area contributed by atoms with Crippen LogP contribution >= 0.6 is 0 Å². The Kier molecular flexibility index (Phi) is 4.57. The van der Waals surface area contributed by atoms with Gasteiger partial charge < -0.3 is 15.1 Å². The number of rotatable bonds is 2. The molecule has 0 bridgehead atoms. The van der Waals surface area contributed by atoms with E-state index < -0.39 is 0 Å². The van der Waals surface area contributed by atoms with E-state index in [0.717, 1.165) is 17.8 Å². The summed E-state index contributed by atoms with van der Waals surface area (Å²) < 4.78 is 0. The average molecular weight is 309 g/mol. The van der Waals surface area contributed by atoms with Gasteiger partial charge in [-0.1, -0.05) is 36.4 Å². The molecule has 0 unspecified atom stereocenters. The molecule has 3 rings (SSSR count). The van der Waals surface area contributed by atoms with Crippen molar-refractivity contribution < 1.29 is 9.59 Å². The number of hydrogen-bond acceptors (Lipinski definition) is 2. The van der Waals surface area contributed by atoms with Crippen LogP contribution in [0.5, 0.6) is 0 Å². The van der Waals surface area contributed by atoms with Crippen LogP contribution in [-0.4, -0.2) is 36.5 Å². The second-order valence-corrected chi connectivity index (χ2v) is 5.45. The molecule has 1 heterocycles. The molecule has 5 nitrogen and oxygen atoms in total. The molecule has 1 saturated heterocycles. The van der Waals surface area contributed by atoms with Crippen LogP contribution in [0.2, 0.25) is 0 Å². The van der Waals surface area contributed by atoms with Gasteiger partial charge >= 0.3 is 6.03 Å². The molecular weight excluding hydrogens is 290 g/mol. The van der Waals surface area contributed by atoms with Crippen molar-refractivity contribution in [2.45, 2.75) is 6.42 Å². The second kappa shape index (κ2) is 6.96. The Bertz CT molecular complexity index is 673. The predicted molar refractivity (Wildman–Crippen MR) is 90.4 cm³/mol. The summed E-state index contributed by atoms with van der Waals surface area (Å²) in [4.78, 5) is 28.2. The van der Waals surface area contributed by atoms with Crippen LogP contribution in [0.15, 0.2) is 60.7 Å². The van der Waals surface area contributed by atoms with Crippen molar-refractivity contribution in [1.82, 2.24) is 4.90 Å². The van der Waals surface area contributed by atoms with Crippen molar-refractivity contribution >= 4 is 23.3 Å². The van der Waals surface area contributed by atoms with E-state index in [4.69, 9.17) is 0 Å². The molecule has 1 fully saturated rings. The molecule has 0 radical (unpaired) electrons. The van der Waals surface area contributed by atoms with Gasteiger partial charge in [0.2, 0.25) is 5.91 Å². The van der Waals surface area contributed by atoms with E-state index in [-0.39, 0.29) is 18.5 Å². The molecule has 23 heavy (non-hydrogen) atoms. The third-order valence-electron chi connectivity index (χ3n) is 3.82. The number of nitrogens with one attached hydrogen (secondary N) is 1. The lowest BCUT2D eigenvalue weighted by molar-refractivity contribution is -0.118. The Hall–Kier alpha value is -2.82. The summed E-state index contributed by atoms with van der Waals surface area (Å²) in [6.45, 7) is 1.28. The van der Waals surface area contributed by atoms with Crippen molar-refractivity contribution in [2.24, 2.45) is 0 Å². The number of carbonyl (C=O) groups excluding carboxylic acids is 2. The Morgan fingerprint density at radius 1 is 0.913 bits per heavy atom. The van der Waals surface area contributed by atoms with Crippen LogP contribution in [-0.2, 0) is 4.79 Å². The summed E-state index contributed by atoms with van der Waals surface area (Å²) in [6.07, 6.45) is 0.753. The highest BCUT2D eigenvalue weighted by atomic mass is 16.2. The van der Waals surface area contributed by atoms with Gasteiger partial charge in [-0.05, 0) is 30.7 Å². The predicted octanol–water partition coefficient (Wildman–Crippen LogP) is 2.96. The number of anilines is 2. The zero-order valence-electron chi connectivity index (χ0n) is 12.8. The maximum Gasteiger partial charge on any atom is 0.322 e. The van der Waals surface area contributed by atoms with Gasteiger partial charge in [-0.15, -0.1) is 0 Å². The molecule has 3 amide bonds. The minimum absolute atomic E-state index is 0.0584. The maximum absolute atomic E-state index is 12.5. The van der Waals surface area contributed by atoms with Gasteiger partial charge in [0.1, 0.15) is 6.54 Å². The Morgan fingerprint density at radius 3 is 2.26 bits per heavy atom. The molecule has 1 aliphatic rings. The Labute approximate surface area is 135 Å². The maximum atomic E-state index is 12.5. The van der Waals surface area contributed by atoms with Crippen molar-refractivity contribution in [1.29, 1.82) is 0 Å². The van der Waals surface area contributed by atoms with E-state index in [9.17, 15) is 9.59 Å². The molecule has 1 N–H and O–H groups in total. The fourth-order valence-corrected chi connectivity index (χ4v) is 2.65. The average Bonchev–Trinajstić information content (AvgIpc) is 2.78. The number of urea groups is 1. The molecule has 0 aliphatic carbocycles. The molecule has 2 aromatic rings. The van der Waals surface area contributed by atoms with E-state index in [1.165, 1.54) is 0 Å². The van der Waals surface area contributed by atoms with Crippen LogP contribution < -0.4 is 10.2 Å². The standard InChI is InChI=1S/C18H19N3O2/c22-17-14-20(18(23)19-15-8-3-1-4-9-15)12-7-13-21(17)16-10-5-2-6-11-16/h1-6,8-11H,7,12-14H2,(H,19,23). The van der Waals surface area contributed by atoms with Gasteiger partial charge in [0.15, 0.2) is 0 Å². The van der Waals surface area contributed by atoms with Crippen molar-refractivity contribution in [2.75, 3.05) is 29.9 Å². The smallest absolute Gasteiger partial charge is 0.315 e. The van der Waals surface area contributed by atoms with Gasteiger partial charge in [0.05, 0.1) is 0 Å². The molecule has 118 valence electrons. The van der Waals surface area contributed by atoms with Crippen LogP contribution in [0.4, 0.5) is 16.2 Å². The number of carbonyl (C=O) groups is 2. The number of para-hydroxylation sites is 2.